The molecular formula is C12H23NO2S. The topological polar surface area (TPSA) is 46.2 Å². The van der Waals surface area contributed by atoms with E-state index < -0.39 is 9.84 Å². The molecule has 1 saturated heterocycles. The van der Waals surface area contributed by atoms with Crippen LogP contribution in [0.25, 0.3) is 0 Å². The van der Waals surface area contributed by atoms with Gasteiger partial charge >= 0.3 is 0 Å². The summed E-state index contributed by atoms with van der Waals surface area (Å²) in [6, 6.07) is 0.149. The van der Waals surface area contributed by atoms with E-state index in [9.17, 15) is 8.42 Å². The van der Waals surface area contributed by atoms with E-state index in [2.05, 4.69) is 19.2 Å². The fraction of sp³-hybridized carbons (Fsp3) is 1.00. The smallest absolute Gasteiger partial charge is 0.155 e. The van der Waals surface area contributed by atoms with Gasteiger partial charge in [-0.15, -0.1) is 0 Å². The second-order valence-corrected chi connectivity index (χ2v) is 8.50. The molecule has 16 heavy (non-hydrogen) atoms. The highest BCUT2D eigenvalue weighted by atomic mass is 32.2. The number of sulfone groups is 1. The first-order valence-corrected chi connectivity index (χ1v) is 7.99. The molecular weight excluding hydrogens is 222 g/mol. The monoisotopic (exact) mass is 245 g/mol. The number of nitrogens with one attached hydrogen (secondary N) is 1. The molecule has 0 aromatic rings. The third kappa shape index (κ3) is 2.14. The van der Waals surface area contributed by atoms with Gasteiger partial charge in [-0.05, 0) is 30.7 Å². The molecule has 3 unspecified atom stereocenters. The lowest BCUT2D eigenvalue weighted by molar-refractivity contribution is 0.171. The molecule has 94 valence electrons. The fourth-order valence-corrected chi connectivity index (χ4v) is 5.85. The van der Waals surface area contributed by atoms with Crippen LogP contribution in [0.4, 0.5) is 0 Å². The largest absolute Gasteiger partial charge is 0.312 e. The Bertz CT molecular complexity index is 361. The van der Waals surface area contributed by atoms with Crippen molar-refractivity contribution in [3.8, 4) is 0 Å². The zero-order chi connectivity index (χ0) is 12.0. The highest BCUT2D eigenvalue weighted by Crippen LogP contribution is 2.40. The maximum atomic E-state index is 12.3. The summed E-state index contributed by atoms with van der Waals surface area (Å²) in [5.74, 6) is 0.600. The first-order valence-electron chi connectivity index (χ1n) is 6.28. The second-order valence-electron chi connectivity index (χ2n) is 6.24. The molecule has 0 aromatic heterocycles. The van der Waals surface area contributed by atoms with Crippen LogP contribution in [0.2, 0.25) is 0 Å². The molecule has 0 spiro atoms. The molecule has 0 aromatic carbocycles. The van der Waals surface area contributed by atoms with Gasteiger partial charge in [-0.2, -0.15) is 0 Å². The maximum Gasteiger partial charge on any atom is 0.155 e. The Labute approximate surface area is 98.9 Å². The van der Waals surface area contributed by atoms with Crippen LogP contribution < -0.4 is 5.32 Å². The molecule has 2 fully saturated rings. The van der Waals surface area contributed by atoms with Gasteiger partial charge < -0.3 is 5.32 Å². The summed E-state index contributed by atoms with van der Waals surface area (Å²) < 4.78 is 24.6. The molecule has 1 saturated carbocycles. The van der Waals surface area contributed by atoms with Gasteiger partial charge in [0.05, 0.1) is 11.0 Å². The Morgan fingerprint density at radius 1 is 1.31 bits per heavy atom. The van der Waals surface area contributed by atoms with E-state index in [1.807, 2.05) is 6.92 Å². The molecule has 1 N–H and O–H groups in total. The first kappa shape index (κ1) is 12.4. The minimum Gasteiger partial charge on any atom is -0.312 e. The van der Waals surface area contributed by atoms with Crippen molar-refractivity contribution >= 4 is 9.84 Å². The maximum absolute atomic E-state index is 12.3. The third-order valence-electron chi connectivity index (χ3n) is 4.19. The van der Waals surface area contributed by atoms with Gasteiger partial charge in [0, 0.05) is 6.04 Å². The van der Waals surface area contributed by atoms with Crippen molar-refractivity contribution in [1.29, 1.82) is 0 Å². The average molecular weight is 245 g/mol. The van der Waals surface area contributed by atoms with Crippen LogP contribution in [0.3, 0.4) is 0 Å². The zero-order valence-corrected chi connectivity index (χ0v) is 11.3. The Balaban J connectivity index is 2.34. The molecule has 1 heterocycles. The highest BCUT2D eigenvalue weighted by Gasteiger charge is 2.46. The van der Waals surface area contributed by atoms with Crippen LogP contribution in [0.15, 0.2) is 0 Å². The van der Waals surface area contributed by atoms with Crippen LogP contribution in [0.1, 0.15) is 40.0 Å². The van der Waals surface area contributed by atoms with Crippen LogP contribution in [0.5, 0.6) is 0 Å². The van der Waals surface area contributed by atoms with Crippen LogP contribution in [-0.2, 0) is 9.84 Å². The molecule has 0 amide bonds. The van der Waals surface area contributed by atoms with Crippen molar-refractivity contribution in [2.45, 2.75) is 51.3 Å². The van der Waals surface area contributed by atoms with E-state index in [4.69, 9.17) is 0 Å². The van der Waals surface area contributed by atoms with Crippen molar-refractivity contribution in [3.05, 3.63) is 0 Å². The predicted molar refractivity (Wildman–Crippen MR) is 66.2 cm³/mol. The van der Waals surface area contributed by atoms with E-state index in [-0.39, 0.29) is 22.6 Å². The van der Waals surface area contributed by atoms with E-state index in [0.29, 0.717) is 5.75 Å². The molecule has 2 rings (SSSR count). The lowest BCUT2D eigenvalue weighted by atomic mass is 9.73. The van der Waals surface area contributed by atoms with Gasteiger partial charge in [0.25, 0.3) is 0 Å². The summed E-state index contributed by atoms with van der Waals surface area (Å²) >= 11 is 0. The van der Waals surface area contributed by atoms with Crippen molar-refractivity contribution in [1.82, 2.24) is 5.32 Å². The Morgan fingerprint density at radius 3 is 2.69 bits per heavy atom. The first-order chi connectivity index (χ1) is 7.33. The third-order valence-corrected chi connectivity index (χ3v) is 6.65. The highest BCUT2D eigenvalue weighted by molar-refractivity contribution is 7.92. The molecule has 1 aliphatic carbocycles. The van der Waals surface area contributed by atoms with Crippen LogP contribution in [-0.4, -0.2) is 32.0 Å². The summed E-state index contributed by atoms with van der Waals surface area (Å²) in [7, 11) is -2.90. The summed E-state index contributed by atoms with van der Waals surface area (Å²) in [4.78, 5) is 0. The molecule has 1 aliphatic heterocycles. The Morgan fingerprint density at radius 2 is 2.00 bits per heavy atom. The van der Waals surface area contributed by atoms with E-state index in [1.54, 1.807) is 0 Å². The summed E-state index contributed by atoms with van der Waals surface area (Å²) in [5, 5.41) is 3.35. The quantitative estimate of drug-likeness (QED) is 0.705. The molecule has 4 heteroatoms. The van der Waals surface area contributed by atoms with Crippen molar-refractivity contribution in [2.24, 2.45) is 11.3 Å². The SMILES string of the molecule is CC1CNC2C(CCCC2(C)C)S(=O)(=O)C1. The van der Waals surface area contributed by atoms with Gasteiger partial charge in [0.1, 0.15) is 0 Å². The summed E-state index contributed by atoms with van der Waals surface area (Å²) in [5.41, 5.74) is 0.111. The lowest BCUT2D eigenvalue weighted by Crippen LogP contribution is -2.54. The van der Waals surface area contributed by atoms with Gasteiger partial charge in [-0.25, -0.2) is 8.42 Å². The number of hydrogen-bond donors (Lipinski definition) is 1. The van der Waals surface area contributed by atoms with E-state index in [1.165, 1.54) is 0 Å². The molecule has 3 atom stereocenters. The van der Waals surface area contributed by atoms with Crippen LogP contribution >= 0.6 is 0 Å². The zero-order valence-electron chi connectivity index (χ0n) is 10.5. The molecule has 2 aliphatic rings. The van der Waals surface area contributed by atoms with Gasteiger partial charge in [0.2, 0.25) is 0 Å². The van der Waals surface area contributed by atoms with Crippen molar-refractivity contribution < 1.29 is 8.42 Å². The molecule has 3 nitrogen and oxygen atoms in total. The average Bonchev–Trinajstić information content (AvgIpc) is 2.23. The number of rotatable bonds is 0. The Hall–Kier alpha value is -0.0900. The lowest BCUT2D eigenvalue weighted by Gasteiger charge is -2.43. The Kier molecular flexibility index (Phi) is 3.08. The molecule has 0 bridgehead atoms. The molecule has 0 radical (unpaired) electrons. The van der Waals surface area contributed by atoms with E-state index in [0.717, 1.165) is 25.8 Å². The minimum atomic E-state index is -2.90. The summed E-state index contributed by atoms with van der Waals surface area (Å²) in [6.45, 7) is 7.25. The standard InChI is InChI=1S/C12H23NO2S/c1-9-7-13-11-10(16(14,15)8-9)5-4-6-12(11,2)3/h9-11,13H,4-8H2,1-3H3. The minimum absolute atomic E-state index is 0.111. The second kappa shape index (κ2) is 3.98. The summed E-state index contributed by atoms with van der Waals surface area (Å²) in [6.07, 6.45) is 3.02. The van der Waals surface area contributed by atoms with Crippen molar-refractivity contribution in [2.75, 3.05) is 12.3 Å². The van der Waals surface area contributed by atoms with Gasteiger partial charge in [-0.1, -0.05) is 27.2 Å². The predicted octanol–water partition coefficient (Wildman–Crippen LogP) is 1.59. The van der Waals surface area contributed by atoms with Gasteiger partial charge in [0.15, 0.2) is 9.84 Å². The number of hydrogen-bond acceptors (Lipinski definition) is 3. The van der Waals surface area contributed by atoms with Gasteiger partial charge in [-0.3, -0.25) is 0 Å². The fourth-order valence-electron chi connectivity index (χ4n) is 3.29. The van der Waals surface area contributed by atoms with Crippen molar-refractivity contribution in [3.63, 3.8) is 0 Å². The van der Waals surface area contributed by atoms with Crippen LogP contribution in [0, 0.1) is 11.3 Å². The van der Waals surface area contributed by atoms with E-state index >= 15 is 0 Å². The number of fused-ring (bicyclic) bond motifs is 1. The normalized spacial score (nSPS) is 42.1.